The number of nitrogens with zero attached hydrogens (tertiary/aromatic N) is 1. The normalized spacial score (nSPS) is 11.5. The third-order valence-electron chi connectivity index (χ3n) is 4.04. The van der Waals surface area contributed by atoms with Crippen LogP contribution >= 0.6 is 0 Å². The molecule has 1 heterocycles. The summed E-state index contributed by atoms with van der Waals surface area (Å²) in [5.41, 5.74) is 0.895. The first-order valence-electron chi connectivity index (χ1n) is 8.50. The molecule has 0 saturated carbocycles. The van der Waals surface area contributed by atoms with Gasteiger partial charge in [0.25, 0.3) is 0 Å². The SMILES string of the molecule is Cc1ccc(S(=O)(=O)N(CC(=O)Nc2ccccc2F)Cc2ccco2)cc1. The highest BCUT2D eigenvalue weighted by Gasteiger charge is 2.28. The molecule has 8 heteroatoms. The average Bonchev–Trinajstić information content (AvgIpc) is 3.17. The van der Waals surface area contributed by atoms with Crippen molar-refractivity contribution in [3.63, 3.8) is 0 Å². The van der Waals surface area contributed by atoms with Crippen LogP contribution in [0.25, 0.3) is 0 Å². The summed E-state index contributed by atoms with van der Waals surface area (Å²) in [4.78, 5) is 12.5. The van der Waals surface area contributed by atoms with Crippen LogP contribution in [0.4, 0.5) is 10.1 Å². The van der Waals surface area contributed by atoms with Gasteiger partial charge in [-0.3, -0.25) is 4.79 Å². The molecular formula is C20H19FN2O4S. The number of aryl methyl sites for hydroxylation is 1. The van der Waals surface area contributed by atoms with Gasteiger partial charge >= 0.3 is 0 Å². The van der Waals surface area contributed by atoms with E-state index in [0.29, 0.717) is 5.76 Å². The Morgan fingerprint density at radius 3 is 2.43 bits per heavy atom. The van der Waals surface area contributed by atoms with E-state index in [4.69, 9.17) is 4.42 Å². The van der Waals surface area contributed by atoms with E-state index in [1.165, 1.54) is 36.6 Å². The van der Waals surface area contributed by atoms with Crippen molar-refractivity contribution in [3.8, 4) is 0 Å². The maximum Gasteiger partial charge on any atom is 0.243 e. The molecule has 1 amide bonds. The van der Waals surface area contributed by atoms with Crippen molar-refractivity contribution in [3.05, 3.63) is 84.1 Å². The number of anilines is 1. The molecule has 1 N–H and O–H groups in total. The smallest absolute Gasteiger partial charge is 0.243 e. The summed E-state index contributed by atoms with van der Waals surface area (Å²) in [6.07, 6.45) is 1.42. The van der Waals surface area contributed by atoms with E-state index in [9.17, 15) is 17.6 Å². The zero-order chi connectivity index (χ0) is 20.1. The Bertz CT molecular complexity index is 1050. The van der Waals surface area contributed by atoms with Crippen LogP contribution in [0.2, 0.25) is 0 Å². The van der Waals surface area contributed by atoms with E-state index in [1.807, 2.05) is 6.92 Å². The molecule has 0 radical (unpaired) electrons. The van der Waals surface area contributed by atoms with Gasteiger partial charge in [-0.2, -0.15) is 4.31 Å². The Balaban J connectivity index is 1.85. The second-order valence-corrected chi connectivity index (χ2v) is 8.13. The molecule has 0 spiro atoms. The summed E-state index contributed by atoms with van der Waals surface area (Å²) >= 11 is 0. The first kappa shape index (κ1) is 19.8. The van der Waals surface area contributed by atoms with Crippen LogP contribution in [0.3, 0.4) is 0 Å². The van der Waals surface area contributed by atoms with Crippen LogP contribution in [-0.4, -0.2) is 25.2 Å². The number of carbonyl (C=O) groups is 1. The quantitative estimate of drug-likeness (QED) is 0.655. The molecular weight excluding hydrogens is 383 g/mol. The topological polar surface area (TPSA) is 79.6 Å². The number of amides is 1. The molecule has 0 unspecified atom stereocenters. The molecule has 0 aliphatic carbocycles. The van der Waals surface area contributed by atoms with Crippen molar-refractivity contribution in [1.29, 1.82) is 0 Å². The van der Waals surface area contributed by atoms with Gasteiger partial charge in [-0.1, -0.05) is 29.8 Å². The lowest BCUT2D eigenvalue weighted by Crippen LogP contribution is -2.37. The number of nitrogens with one attached hydrogen (secondary N) is 1. The van der Waals surface area contributed by atoms with E-state index < -0.39 is 28.3 Å². The summed E-state index contributed by atoms with van der Waals surface area (Å²) in [7, 11) is -3.97. The predicted octanol–water partition coefficient (Wildman–Crippen LogP) is 3.56. The number of benzene rings is 2. The lowest BCUT2D eigenvalue weighted by Gasteiger charge is -2.21. The molecule has 2 aromatic carbocycles. The summed E-state index contributed by atoms with van der Waals surface area (Å²) in [6, 6.07) is 15.2. The minimum Gasteiger partial charge on any atom is -0.468 e. The first-order valence-corrected chi connectivity index (χ1v) is 9.94. The van der Waals surface area contributed by atoms with E-state index >= 15 is 0 Å². The number of furan rings is 1. The highest BCUT2D eigenvalue weighted by atomic mass is 32.2. The predicted molar refractivity (Wildman–Crippen MR) is 103 cm³/mol. The number of rotatable bonds is 7. The molecule has 1 aromatic heterocycles. The highest BCUT2D eigenvalue weighted by molar-refractivity contribution is 7.89. The standard InChI is InChI=1S/C20H19FN2O4S/c1-15-8-10-17(11-9-15)28(25,26)23(13-16-5-4-12-27-16)14-20(24)22-19-7-3-2-6-18(19)21/h2-12H,13-14H2,1H3,(H,22,24). The monoisotopic (exact) mass is 402 g/mol. The summed E-state index contributed by atoms with van der Waals surface area (Å²) < 4.78 is 46.1. The fourth-order valence-electron chi connectivity index (χ4n) is 2.57. The third kappa shape index (κ3) is 4.65. The first-order chi connectivity index (χ1) is 13.4. The second-order valence-electron chi connectivity index (χ2n) is 6.19. The van der Waals surface area contributed by atoms with E-state index in [1.54, 1.807) is 30.3 Å². The van der Waals surface area contributed by atoms with Gasteiger partial charge in [-0.25, -0.2) is 12.8 Å². The average molecular weight is 402 g/mol. The van der Waals surface area contributed by atoms with Crippen LogP contribution in [0.5, 0.6) is 0 Å². The van der Waals surface area contributed by atoms with Crippen molar-refractivity contribution in [2.24, 2.45) is 0 Å². The molecule has 0 atom stereocenters. The van der Waals surface area contributed by atoms with Gasteiger partial charge in [0.15, 0.2) is 0 Å². The Morgan fingerprint density at radius 1 is 1.07 bits per heavy atom. The maximum atomic E-state index is 13.8. The molecule has 0 bridgehead atoms. The number of hydrogen-bond acceptors (Lipinski definition) is 4. The van der Waals surface area contributed by atoms with Crippen LogP contribution in [-0.2, 0) is 21.4 Å². The van der Waals surface area contributed by atoms with Crippen molar-refractivity contribution in [2.75, 3.05) is 11.9 Å². The van der Waals surface area contributed by atoms with Gasteiger partial charge in [-0.15, -0.1) is 0 Å². The molecule has 0 fully saturated rings. The van der Waals surface area contributed by atoms with Gasteiger partial charge in [0.1, 0.15) is 11.6 Å². The van der Waals surface area contributed by atoms with Crippen LogP contribution in [0, 0.1) is 12.7 Å². The van der Waals surface area contributed by atoms with Crippen LogP contribution in [0.15, 0.2) is 76.2 Å². The Kier molecular flexibility index (Phi) is 5.91. The van der Waals surface area contributed by atoms with Gasteiger partial charge in [0, 0.05) is 0 Å². The summed E-state index contributed by atoms with van der Waals surface area (Å²) in [5.74, 6) is -0.878. The molecule has 3 rings (SSSR count). The van der Waals surface area contributed by atoms with E-state index in [0.717, 1.165) is 9.87 Å². The molecule has 28 heavy (non-hydrogen) atoms. The minimum atomic E-state index is -3.97. The zero-order valence-corrected chi connectivity index (χ0v) is 15.9. The van der Waals surface area contributed by atoms with Crippen molar-refractivity contribution >= 4 is 21.6 Å². The minimum absolute atomic E-state index is 0.0156. The van der Waals surface area contributed by atoms with Crippen molar-refractivity contribution < 1.29 is 22.0 Å². The zero-order valence-electron chi connectivity index (χ0n) is 15.1. The van der Waals surface area contributed by atoms with Gasteiger partial charge in [0.2, 0.25) is 15.9 Å². The van der Waals surface area contributed by atoms with Gasteiger partial charge < -0.3 is 9.73 Å². The lowest BCUT2D eigenvalue weighted by molar-refractivity contribution is -0.116. The number of para-hydroxylation sites is 1. The highest BCUT2D eigenvalue weighted by Crippen LogP contribution is 2.20. The van der Waals surface area contributed by atoms with Gasteiger partial charge in [0.05, 0.1) is 29.9 Å². The molecule has 6 nitrogen and oxygen atoms in total. The Hall–Kier alpha value is -2.97. The fraction of sp³-hybridized carbons (Fsp3) is 0.150. The number of hydrogen-bond donors (Lipinski definition) is 1. The summed E-state index contributed by atoms with van der Waals surface area (Å²) in [5, 5.41) is 2.40. The summed E-state index contributed by atoms with van der Waals surface area (Å²) in [6.45, 7) is 1.22. The van der Waals surface area contributed by atoms with E-state index in [2.05, 4.69) is 5.32 Å². The molecule has 146 valence electrons. The number of halogens is 1. The molecule has 0 saturated heterocycles. The molecule has 0 aliphatic heterocycles. The number of sulfonamides is 1. The molecule has 3 aromatic rings. The Labute approximate surface area is 162 Å². The van der Waals surface area contributed by atoms with Crippen molar-refractivity contribution in [2.45, 2.75) is 18.4 Å². The fourth-order valence-corrected chi connectivity index (χ4v) is 3.94. The second kappa shape index (κ2) is 8.37. The largest absolute Gasteiger partial charge is 0.468 e. The van der Waals surface area contributed by atoms with Crippen LogP contribution < -0.4 is 5.32 Å². The van der Waals surface area contributed by atoms with Crippen LogP contribution in [0.1, 0.15) is 11.3 Å². The van der Waals surface area contributed by atoms with Gasteiger partial charge in [-0.05, 0) is 43.3 Å². The molecule has 0 aliphatic rings. The van der Waals surface area contributed by atoms with E-state index in [-0.39, 0.29) is 17.1 Å². The lowest BCUT2D eigenvalue weighted by atomic mass is 10.2. The third-order valence-corrected chi connectivity index (χ3v) is 5.84. The van der Waals surface area contributed by atoms with Crippen molar-refractivity contribution in [1.82, 2.24) is 4.31 Å². The number of carbonyl (C=O) groups excluding carboxylic acids is 1. The maximum absolute atomic E-state index is 13.8. The Morgan fingerprint density at radius 2 is 1.79 bits per heavy atom.